The molecule has 1 fully saturated rings. The second-order valence-corrected chi connectivity index (χ2v) is 6.72. The molecule has 3 heterocycles. The largest absolute Gasteiger partial charge is 0.497 e. The van der Waals surface area contributed by atoms with Gasteiger partial charge in [0.15, 0.2) is 5.76 Å². The van der Waals surface area contributed by atoms with Gasteiger partial charge in [-0.2, -0.15) is 0 Å². The highest BCUT2D eigenvalue weighted by Crippen LogP contribution is 2.26. The highest BCUT2D eigenvalue weighted by atomic mass is 16.5. The van der Waals surface area contributed by atoms with E-state index < -0.39 is 0 Å². The molecule has 0 aliphatic carbocycles. The molecule has 28 heavy (non-hydrogen) atoms. The van der Waals surface area contributed by atoms with Gasteiger partial charge in [0, 0.05) is 37.1 Å². The van der Waals surface area contributed by atoms with Crippen LogP contribution in [0.5, 0.6) is 5.75 Å². The van der Waals surface area contributed by atoms with Gasteiger partial charge >= 0.3 is 0 Å². The van der Waals surface area contributed by atoms with Crippen LogP contribution in [0.2, 0.25) is 0 Å². The number of amides is 1. The molecular weight excluding hydrogens is 356 g/mol. The second-order valence-electron chi connectivity index (χ2n) is 6.72. The molecule has 1 aromatic carbocycles. The van der Waals surface area contributed by atoms with Crippen molar-refractivity contribution in [3.05, 3.63) is 60.7 Å². The molecule has 1 aliphatic rings. The number of aromatic nitrogens is 2. The monoisotopic (exact) mass is 378 g/mol. The van der Waals surface area contributed by atoms with Gasteiger partial charge in [-0.3, -0.25) is 9.78 Å². The zero-order chi connectivity index (χ0) is 19.3. The van der Waals surface area contributed by atoms with Crippen molar-refractivity contribution in [2.75, 3.05) is 25.1 Å². The maximum atomic E-state index is 12.6. The maximum absolute atomic E-state index is 12.6. The molecule has 3 aromatic rings. The van der Waals surface area contributed by atoms with E-state index in [-0.39, 0.29) is 11.9 Å². The number of methoxy groups -OCH3 is 1. The van der Waals surface area contributed by atoms with E-state index in [1.807, 2.05) is 24.3 Å². The first-order valence-electron chi connectivity index (χ1n) is 9.29. The Hall–Kier alpha value is -3.35. The summed E-state index contributed by atoms with van der Waals surface area (Å²) in [6, 6.07) is 11.1. The third kappa shape index (κ3) is 3.98. The number of nitrogens with one attached hydrogen (secondary N) is 1. The highest BCUT2D eigenvalue weighted by Gasteiger charge is 2.24. The van der Waals surface area contributed by atoms with Gasteiger partial charge in [0.25, 0.3) is 5.91 Å². The van der Waals surface area contributed by atoms with E-state index in [4.69, 9.17) is 9.15 Å². The predicted molar refractivity (Wildman–Crippen MR) is 105 cm³/mol. The number of anilines is 1. The van der Waals surface area contributed by atoms with E-state index in [9.17, 15) is 4.79 Å². The molecule has 1 N–H and O–H groups in total. The Morgan fingerprint density at radius 3 is 3.04 bits per heavy atom. The number of nitrogens with zero attached hydrogens (tertiary/aromatic N) is 3. The van der Waals surface area contributed by atoms with Crippen molar-refractivity contribution in [3.63, 3.8) is 0 Å². The lowest BCUT2D eigenvalue weighted by molar-refractivity contribution is 0.0906. The van der Waals surface area contributed by atoms with Crippen LogP contribution in [0.1, 0.15) is 23.4 Å². The summed E-state index contributed by atoms with van der Waals surface area (Å²) in [5.41, 5.74) is 0.866. The minimum atomic E-state index is -0.208. The summed E-state index contributed by atoms with van der Waals surface area (Å²) in [5.74, 6) is 2.30. The minimum Gasteiger partial charge on any atom is -0.497 e. The van der Waals surface area contributed by atoms with Crippen LogP contribution < -0.4 is 15.0 Å². The molecule has 0 saturated carbocycles. The molecule has 4 rings (SSSR count). The lowest BCUT2D eigenvalue weighted by atomic mass is 10.1. The van der Waals surface area contributed by atoms with Crippen LogP contribution in [0, 0.1) is 0 Å². The third-order valence-corrected chi connectivity index (χ3v) is 4.81. The summed E-state index contributed by atoms with van der Waals surface area (Å²) < 4.78 is 11.0. The van der Waals surface area contributed by atoms with Crippen molar-refractivity contribution in [1.82, 2.24) is 15.3 Å². The summed E-state index contributed by atoms with van der Waals surface area (Å²) >= 11 is 0. The fourth-order valence-corrected chi connectivity index (χ4v) is 3.41. The standard InChI is InChI=1S/C21H22N4O3/c1-27-17-6-2-4-15(12-17)18-7-8-19(28-18)21(26)24-16-5-3-11-25(14-16)20-13-22-9-10-23-20/h2,4,6-10,12-13,16H,3,5,11,14H2,1H3,(H,24,26). The molecule has 7 heteroatoms. The zero-order valence-corrected chi connectivity index (χ0v) is 15.7. The summed E-state index contributed by atoms with van der Waals surface area (Å²) in [5, 5.41) is 3.08. The van der Waals surface area contributed by atoms with Crippen LogP contribution in [-0.4, -0.2) is 42.1 Å². The van der Waals surface area contributed by atoms with Gasteiger partial charge in [-0.25, -0.2) is 4.98 Å². The minimum absolute atomic E-state index is 0.0358. The molecule has 1 amide bonds. The fourth-order valence-electron chi connectivity index (χ4n) is 3.41. The number of ether oxygens (including phenoxy) is 1. The molecule has 1 aliphatic heterocycles. The maximum Gasteiger partial charge on any atom is 0.287 e. The van der Waals surface area contributed by atoms with Gasteiger partial charge in [-0.05, 0) is 37.1 Å². The zero-order valence-electron chi connectivity index (χ0n) is 15.7. The van der Waals surface area contributed by atoms with E-state index in [0.29, 0.717) is 18.1 Å². The Kier molecular flexibility index (Phi) is 5.23. The van der Waals surface area contributed by atoms with Crippen molar-refractivity contribution < 1.29 is 13.9 Å². The number of piperidine rings is 1. The first kappa shape index (κ1) is 18.0. The van der Waals surface area contributed by atoms with Gasteiger partial charge in [-0.1, -0.05) is 12.1 Å². The number of benzene rings is 1. The number of hydrogen-bond donors (Lipinski definition) is 1. The summed E-state index contributed by atoms with van der Waals surface area (Å²) in [7, 11) is 1.62. The van der Waals surface area contributed by atoms with Crippen LogP contribution in [-0.2, 0) is 0 Å². The predicted octanol–water partition coefficient (Wildman–Crippen LogP) is 3.14. The van der Waals surface area contributed by atoms with Crippen molar-refractivity contribution in [2.24, 2.45) is 0 Å². The van der Waals surface area contributed by atoms with Crippen molar-refractivity contribution in [1.29, 1.82) is 0 Å². The number of rotatable bonds is 5. The van der Waals surface area contributed by atoms with Gasteiger partial charge in [0.2, 0.25) is 0 Å². The van der Waals surface area contributed by atoms with Crippen LogP contribution in [0.15, 0.2) is 59.4 Å². The average molecular weight is 378 g/mol. The lowest BCUT2D eigenvalue weighted by Crippen LogP contribution is -2.48. The van der Waals surface area contributed by atoms with Gasteiger partial charge in [0.1, 0.15) is 17.3 Å². The van der Waals surface area contributed by atoms with Crippen molar-refractivity contribution in [2.45, 2.75) is 18.9 Å². The molecule has 0 spiro atoms. The molecule has 0 bridgehead atoms. The van der Waals surface area contributed by atoms with Crippen LogP contribution in [0.3, 0.4) is 0 Å². The van der Waals surface area contributed by atoms with Crippen LogP contribution >= 0.6 is 0 Å². The molecule has 144 valence electrons. The Morgan fingerprint density at radius 2 is 2.21 bits per heavy atom. The van der Waals surface area contributed by atoms with E-state index in [2.05, 4.69) is 20.2 Å². The fraction of sp³-hybridized carbons (Fsp3) is 0.286. The van der Waals surface area contributed by atoms with Gasteiger partial charge in [0.05, 0.1) is 13.3 Å². The van der Waals surface area contributed by atoms with Crippen molar-refractivity contribution in [3.8, 4) is 17.1 Å². The Labute approximate surface area is 163 Å². The van der Waals surface area contributed by atoms with Gasteiger partial charge in [-0.15, -0.1) is 0 Å². The summed E-state index contributed by atoms with van der Waals surface area (Å²) in [6.07, 6.45) is 6.99. The lowest BCUT2D eigenvalue weighted by Gasteiger charge is -2.33. The Bertz CT molecular complexity index is 942. The van der Waals surface area contributed by atoms with E-state index in [0.717, 1.165) is 36.5 Å². The molecule has 2 aromatic heterocycles. The molecular formula is C21H22N4O3. The first-order valence-corrected chi connectivity index (χ1v) is 9.29. The number of furan rings is 1. The Balaban J connectivity index is 1.42. The number of carbonyl (C=O) groups excluding carboxylic acids is 1. The Morgan fingerprint density at radius 1 is 1.29 bits per heavy atom. The van der Waals surface area contributed by atoms with Crippen molar-refractivity contribution >= 4 is 11.7 Å². The quantitative estimate of drug-likeness (QED) is 0.735. The number of carbonyl (C=O) groups is 1. The third-order valence-electron chi connectivity index (χ3n) is 4.81. The topological polar surface area (TPSA) is 80.5 Å². The SMILES string of the molecule is COc1cccc(-c2ccc(C(=O)NC3CCCN(c4cnccn4)C3)o2)c1. The normalized spacial score (nSPS) is 16.6. The van der Waals surface area contributed by atoms with Crippen LogP contribution in [0.25, 0.3) is 11.3 Å². The smallest absolute Gasteiger partial charge is 0.287 e. The number of hydrogen-bond acceptors (Lipinski definition) is 6. The van der Waals surface area contributed by atoms with Crippen LogP contribution in [0.4, 0.5) is 5.82 Å². The molecule has 1 unspecified atom stereocenters. The molecule has 0 radical (unpaired) electrons. The molecule has 1 saturated heterocycles. The highest BCUT2D eigenvalue weighted by molar-refractivity contribution is 5.92. The second kappa shape index (κ2) is 8.12. The van der Waals surface area contributed by atoms with E-state index in [1.54, 1.807) is 37.8 Å². The molecule has 7 nitrogen and oxygen atoms in total. The van der Waals surface area contributed by atoms with E-state index in [1.165, 1.54) is 0 Å². The average Bonchev–Trinajstić information content (AvgIpc) is 3.25. The summed E-state index contributed by atoms with van der Waals surface area (Å²) in [4.78, 5) is 23.3. The molecule has 1 atom stereocenters. The first-order chi connectivity index (χ1) is 13.7. The van der Waals surface area contributed by atoms with E-state index >= 15 is 0 Å². The van der Waals surface area contributed by atoms with Gasteiger partial charge < -0.3 is 19.4 Å². The summed E-state index contributed by atoms with van der Waals surface area (Å²) in [6.45, 7) is 1.61.